The number of hydrogen-bond donors (Lipinski definition) is 1. The van der Waals surface area contributed by atoms with Crippen molar-refractivity contribution in [2.45, 2.75) is 13.8 Å². The predicted molar refractivity (Wildman–Crippen MR) is 72.4 cm³/mol. The van der Waals surface area contributed by atoms with Crippen molar-refractivity contribution in [1.29, 1.82) is 0 Å². The molecule has 0 bridgehead atoms. The second-order valence-electron chi connectivity index (χ2n) is 6.99. The molecule has 0 saturated heterocycles. The maximum atomic E-state index is 3.52. The molecular formula is C13H33N3+2. The van der Waals surface area contributed by atoms with Gasteiger partial charge in [0, 0.05) is 6.54 Å². The molecule has 3 nitrogen and oxygen atoms in total. The standard InChI is InChI=1S/C13H33N3/c1-13(2)12-14-8-9-16(6,7)11-10-15(3,4)5/h13-14H,8-12H2,1-7H3/q+2. The van der Waals surface area contributed by atoms with Crippen LogP contribution >= 0.6 is 0 Å². The fraction of sp³-hybridized carbons (Fsp3) is 1.00. The van der Waals surface area contributed by atoms with Gasteiger partial charge in [-0.3, -0.25) is 0 Å². The van der Waals surface area contributed by atoms with Crippen molar-refractivity contribution < 1.29 is 8.97 Å². The van der Waals surface area contributed by atoms with Gasteiger partial charge in [-0.25, -0.2) is 0 Å². The maximum absolute atomic E-state index is 3.52. The van der Waals surface area contributed by atoms with Gasteiger partial charge < -0.3 is 14.3 Å². The number of nitrogens with one attached hydrogen (secondary N) is 1. The molecular weight excluding hydrogens is 198 g/mol. The van der Waals surface area contributed by atoms with Crippen molar-refractivity contribution in [2.24, 2.45) is 5.92 Å². The Bertz CT molecular complexity index is 180. The third-order valence-electron chi connectivity index (χ3n) is 2.82. The highest BCUT2D eigenvalue weighted by Crippen LogP contribution is 1.99. The first-order valence-corrected chi connectivity index (χ1v) is 6.45. The molecule has 0 aromatic carbocycles. The van der Waals surface area contributed by atoms with Crippen LogP contribution in [0.3, 0.4) is 0 Å². The normalized spacial score (nSPS) is 13.5. The van der Waals surface area contributed by atoms with E-state index in [0.717, 1.165) is 28.0 Å². The molecule has 0 saturated carbocycles. The first kappa shape index (κ1) is 15.9. The van der Waals surface area contributed by atoms with E-state index in [-0.39, 0.29) is 0 Å². The second kappa shape index (κ2) is 6.58. The Balaban J connectivity index is 3.70. The van der Waals surface area contributed by atoms with Gasteiger partial charge in [0.15, 0.2) is 0 Å². The van der Waals surface area contributed by atoms with Gasteiger partial charge in [0.1, 0.15) is 13.1 Å². The summed E-state index contributed by atoms with van der Waals surface area (Å²) in [6.07, 6.45) is 0. The zero-order valence-corrected chi connectivity index (χ0v) is 12.5. The molecule has 1 N–H and O–H groups in total. The maximum Gasteiger partial charge on any atom is 0.128 e. The molecule has 0 aliphatic carbocycles. The Labute approximate surface area is 103 Å². The lowest BCUT2D eigenvalue weighted by molar-refractivity contribution is -0.936. The summed E-state index contributed by atoms with van der Waals surface area (Å²) in [4.78, 5) is 0. The lowest BCUT2D eigenvalue weighted by Gasteiger charge is -2.33. The van der Waals surface area contributed by atoms with Gasteiger partial charge in [-0.05, 0) is 12.5 Å². The van der Waals surface area contributed by atoms with Crippen molar-refractivity contribution in [3.05, 3.63) is 0 Å². The van der Waals surface area contributed by atoms with Crippen molar-refractivity contribution in [1.82, 2.24) is 5.32 Å². The van der Waals surface area contributed by atoms with E-state index in [1.54, 1.807) is 0 Å². The molecule has 0 aromatic heterocycles. The van der Waals surface area contributed by atoms with Crippen molar-refractivity contribution >= 4 is 0 Å². The molecule has 98 valence electrons. The van der Waals surface area contributed by atoms with Crippen LogP contribution in [0.1, 0.15) is 13.8 Å². The minimum Gasteiger partial charge on any atom is -0.326 e. The van der Waals surface area contributed by atoms with Crippen LogP contribution in [0.25, 0.3) is 0 Å². The van der Waals surface area contributed by atoms with E-state index < -0.39 is 0 Å². The largest absolute Gasteiger partial charge is 0.326 e. The monoisotopic (exact) mass is 231 g/mol. The second-order valence-corrected chi connectivity index (χ2v) is 6.99. The predicted octanol–water partition coefficient (Wildman–Crippen LogP) is 1.01. The van der Waals surface area contributed by atoms with Gasteiger partial charge in [0.2, 0.25) is 0 Å². The molecule has 0 aliphatic heterocycles. The van der Waals surface area contributed by atoms with E-state index in [1.807, 2.05) is 0 Å². The highest BCUT2D eigenvalue weighted by molar-refractivity contribution is 4.50. The van der Waals surface area contributed by atoms with Crippen LogP contribution in [0, 0.1) is 5.92 Å². The molecule has 0 aliphatic rings. The van der Waals surface area contributed by atoms with E-state index in [9.17, 15) is 0 Å². The van der Waals surface area contributed by atoms with Crippen LogP contribution in [0.15, 0.2) is 0 Å². The van der Waals surface area contributed by atoms with Gasteiger partial charge in [-0.15, -0.1) is 0 Å². The summed E-state index contributed by atoms with van der Waals surface area (Å²) in [7, 11) is 11.4. The topological polar surface area (TPSA) is 12.0 Å². The SMILES string of the molecule is CC(C)CNCC[N+](C)(C)CC[N+](C)(C)C. The third-order valence-corrected chi connectivity index (χ3v) is 2.82. The van der Waals surface area contributed by atoms with E-state index >= 15 is 0 Å². The number of rotatable bonds is 8. The number of likely N-dealkylation sites (N-methyl/N-ethyl adjacent to an activating group) is 2. The molecule has 0 radical (unpaired) electrons. The van der Waals surface area contributed by atoms with Gasteiger partial charge in [0.25, 0.3) is 0 Å². The summed E-state index contributed by atoms with van der Waals surface area (Å²) < 4.78 is 2.17. The Hall–Kier alpha value is -0.120. The minimum absolute atomic E-state index is 0.752. The van der Waals surface area contributed by atoms with E-state index in [2.05, 4.69) is 54.4 Å². The van der Waals surface area contributed by atoms with E-state index in [0.29, 0.717) is 0 Å². The zero-order valence-electron chi connectivity index (χ0n) is 12.5. The number of hydrogen-bond acceptors (Lipinski definition) is 1. The fourth-order valence-corrected chi connectivity index (χ4v) is 1.45. The average Bonchev–Trinajstić information content (AvgIpc) is 2.08. The van der Waals surface area contributed by atoms with Crippen molar-refractivity contribution in [3.8, 4) is 0 Å². The van der Waals surface area contributed by atoms with E-state index in [4.69, 9.17) is 0 Å². The zero-order chi connectivity index (χ0) is 12.8. The minimum atomic E-state index is 0.752. The van der Waals surface area contributed by atoms with Gasteiger partial charge in [-0.1, -0.05) is 13.8 Å². The summed E-state index contributed by atoms with van der Waals surface area (Å²) in [6.45, 7) is 10.5. The molecule has 16 heavy (non-hydrogen) atoms. The van der Waals surface area contributed by atoms with Crippen LogP contribution in [-0.2, 0) is 0 Å². The van der Waals surface area contributed by atoms with Crippen LogP contribution in [-0.4, -0.2) is 76.9 Å². The quantitative estimate of drug-likeness (QED) is 0.486. The Morgan fingerprint density at radius 3 is 1.88 bits per heavy atom. The molecule has 0 unspecified atom stereocenters. The smallest absolute Gasteiger partial charge is 0.128 e. The van der Waals surface area contributed by atoms with Gasteiger partial charge in [-0.2, -0.15) is 0 Å². The molecule has 0 spiro atoms. The van der Waals surface area contributed by atoms with Crippen molar-refractivity contribution in [2.75, 3.05) is 68.0 Å². The molecule has 0 amide bonds. The van der Waals surface area contributed by atoms with Crippen molar-refractivity contribution in [3.63, 3.8) is 0 Å². The lowest BCUT2D eigenvalue weighted by atomic mass is 10.2. The summed E-state index contributed by atoms with van der Waals surface area (Å²) in [5.74, 6) is 0.752. The average molecular weight is 231 g/mol. The molecule has 0 atom stereocenters. The van der Waals surface area contributed by atoms with Gasteiger partial charge >= 0.3 is 0 Å². The first-order valence-electron chi connectivity index (χ1n) is 6.45. The Morgan fingerprint density at radius 1 is 0.875 bits per heavy atom. The van der Waals surface area contributed by atoms with E-state index in [1.165, 1.54) is 19.6 Å². The first-order chi connectivity index (χ1) is 7.12. The fourth-order valence-electron chi connectivity index (χ4n) is 1.45. The molecule has 0 fully saturated rings. The summed E-state index contributed by atoms with van der Waals surface area (Å²) in [5, 5.41) is 3.52. The van der Waals surface area contributed by atoms with Crippen LogP contribution in [0.4, 0.5) is 0 Å². The molecule has 0 heterocycles. The lowest BCUT2D eigenvalue weighted by Crippen LogP contribution is -2.51. The highest BCUT2D eigenvalue weighted by atomic mass is 15.4. The molecule has 0 rings (SSSR count). The summed E-state index contributed by atoms with van der Waals surface area (Å²) in [6, 6.07) is 0. The van der Waals surface area contributed by atoms with Gasteiger partial charge in [0.05, 0.1) is 41.8 Å². The highest BCUT2D eigenvalue weighted by Gasteiger charge is 2.19. The molecule has 3 heteroatoms. The van der Waals surface area contributed by atoms with Crippen LogP contribution in [0.5, 0.6) is 0 Å². The Morgan fingerprint density at radius 2 is 1.44 bits per heavy atom. The summed E-state index contributed by atoms with van der Waals surface area (Å²) in [5.41, 5.74) is 0. The molecule has 0 aromatic rings. The summed E-state index contributed by atoms with van der Waals surface area (Å²) >= 11 is 0. The van der Waals surface area contributed by atoms with Crippen LogP contribution in [0.2, 0.25) is 0 Å². The Kier molecular flexibility index (Phi) is 6.53. The number of nitrogens with zero attached hydrogens (tertiary/aromatic N) is 2. The van der Waals surface area contributed by atoms with Crippen LogP contribution < -0.4 is 5.32 Å². The third kappa shape index (κ3) is 10.4. The number of quaternary nitrogens is 2.